The molecule has 0 spiro atoms. The number of aliphatic hydroxyl groups excluding tert-OH is 1. The molecule has 1 aliphatic rings. The molecule has 1 N–H and O–H groups in total. The second-order valence-corrected chi connectivity index (χ2v) is 5.24. The van der Waals surface area contributed by atoms with Crippen LogP contribution in [0.2, 0.25) is 0 Å². The van der Waals surface area contributed by atoms with Gasteiger partial charge in [-0.2, -0.15) is 13.2 Å². The van der Waals surface area contributed by atoms with Gasteiger partial charge in [-0.25, -0.2) is 4.98 Å². The van der Waals surface area contributed by atoms with Crippen LogP contribution in [0.25, 0.3) is 0 Å². The average molecular weight is 309 g/mol. The third-order valence-corrected chi connectivity index (χ3v) is 3.72. The number of aromatic nitrogens is 2. The van der Waals surface area contributed by atoms with E-state index in [2.05, 4.69) is 9.97 Å². The maximum atomic E-state index is 12.9. The molecule has 7 heteroatoms. The van der Waals surface area contributed by atoms with Crippen molar-refractivity contribution in [3.63, 3.8) is 0 Å². The molecule has 2 atom stereocenters. The van der Waals surface area contributed by atoms with Gasteiger partial charge in [0.25, 0.3) is 0 Å². The number of hydrogen-bond acceptors (Lipinski definition) is 4. The highest BCUT2D eigenvalue weighted by atomic mass is 19.4. The van der Waals surface area contributed by atoms with Crippen LogP contribution in [0, 0.1) is 0 Å². The number of aliphatic hydroxyl groups is 1. The fraction of sp³-hybridized carbons (Fsp3) is 0.333. The van der Waals surface area contributed by atoms with E-state index in [1.807, 2.05) is 0 Å². The first kappa shape index (κ1) is 14.8. The molecular formula is C15H14F3N3O. The zero-order chi connectivity index (χ0) is 15.7. The van der Waals surface area contributed by atoms with Gasteiger partial charge >= 0.3 is 6.18 Å². The third-order valence-electron chi connectivity index (χ3n) is 3.72. The van der Waals surface area contributed by atoms with Crippen molar-refractivity contribution >= 4 is 5.82 Å². The van der Waals surface area contributed by atoms with Crippen LogP contribution < -0.4 is 4.90 Å². The van der Waals surface area contributed by atoms with Gasteiger partial charge in [-0.15, -0.1) is 0 Å². The van der Waals surface area contributed by atoms with Gasteiger partial charge in [0.15, 0.2) is 0 Å². The molecule has 1 aromatic carbocycles. The summed E-state index contributed by atoms with van der Waals surface area (Å²) in [4.78, 5) is 9.93. The quantitative estimate of drug-likeness (QED) is 0.927. The molecule has 0 bridgehead atoms. The molecule has 1 fully saturated rings. The summed E-state index contributed by atoms with van der Waals surface area (Å²) in [6, 6.07) is 4.85. The minimum atomic E-state index is -4.38. The standard InChI is InChI=1S/C15H14F3N3O/c16-15(17,18)11-3-1-2-10(6-11)13-7-12(22)9-21(13)14-8-19-4-5-20-14/h1-6,8,12-13,22H,7,9H2/t12-,13-/m1/s1. The Bertz CT molecular complexity index is 648. The van der Waals surface area contributed by atoms with E-state index in [4.69, 9.17) is 0 Å². The summed E-state index contributed by atoms with van der Waals surface area (Å²) in [6.07, 6.45) is -0.0545. The number of alkyl halides is 3. The maximum Gasteiger partial charge on any atom is 0.416 e. The molecule has 0 saturated carbocycles. The lowest BCUT2D eigenvalue weighted by atomic mass is 10.0. The predicted octanol–water partition coefficient (Wildman–Crippen LogP) is 2.81. The second kappa shape index (κ2) is 5.57. The van der Waals surface area contributed by atoms with Crippen LogP contribution in [-0.4, -0.2) is 27.7 Å². The van der Waals surface area contributed by atoms with Gasteiger partial charge in [-0.3, -0.25) is 4.98 Å². The van der Waals surface area contributed by atoms with Crippen molar-refractivity contribution < 1.29 is 18.3 Å². The highest BCUT2D eigenvalue weighted by molar-refractivity contribution is 5.43. The summed E-state index contributed by atoms with van der Waals surface area (Å²) in [7, 11) is 0. The van der Waals surface area contributed by atoms with Crippen LogP contribution in [0.1, 0.15) is 23.6 Å². The molecule has 22 heavy (non-hydrogen) atoms. The predicted molar refractivity (Wildman–Crippen MR) is 74.2 cm³/mol. The zero-order valence-electron chi connectivity index (χ0n) is 11.5. The summed E-state index contributed by atoms with van der Waals surface area (Å²) in [5.74, 6) is 0.543. The molecule has 0 radical (unpaired) electrons. The van der Waals surface area contributed by atoms with E-state index in [1.165, 1.54) is 18.5 Å². The van der Waals surface area contributed by atoms with Crippen LogP contribution in [-0.2, 0) is 6.18 Å². The molecule has 3 rings (SSSR count). The lowest BCUT2D eigenvalue weighted by Crippen LogP contribution is -2.25. The Morgan fingerprint density at radius 1 is 1.23 bits per heavy atom. The Hall–Kier alpha value is -2.15. The number of rotatable bonds is 2. The van der Waals surface area contributed by atoms with E-state index in [1.54, 1.807) is 17.2 Å². The molecule has 0 unspecified atom stereocenters. The van der Waals surface area contributed by atoms with Gasteiger partial charge in [-0.05, 0) is 24.1 Å². The van der Waals surface area contributed by atoms with Gasteiger partial charge in [0.05, 0.1) is 23.9 Å². The first-order chi connectivity index (χ1) is 10.4. The zero-order valence-corrected chi connectivity index (χ0v) is 11.5. The van der Waals surface area contributed by atoms with E-state index < -0.39 is 17.8 Å². The summed E-state index contributed by atoms with van der Waals surface area (Å²) >= 11 is 0. The summed E-state index contributed by atoms with van der Waals surface area (Å²) in [5.41, 5.74) is -0.178. The fourth-order valence-corrected chi connectivity index (χ4v) is 2.74. The van der Waals surface area contributed by atoms with Crippen LogP contribution in [0.3, 0.4) is 0 Å². The topological polar surface area (TPSA) is 49.2 Å². The van der Waals surface area contributed by atoms with E-state index in [9.17, 15) is 18.3 Å². The molecule has 1 aliphatic heterocycles. The SMILES string of the molecule is O[C@@H]1C[C@H](c2cccc(C(F)(F)F)c2)N(c2cnccn2)C1. The number of hydrogen-bond donors (Lipinski definition) is 1. The summed E-state index contributed by atoms with van der Waals surface area (Å²) in [6.45, 7) is 0.319. The van der Waals surface area contributed by atoms with Crippen molar-refractivity contribution in [3.05, 3.63) is 54.0 Å². The lowest BCUT2D eigenvalue weighted by Gasteiger charge is -2.25. The van der Waals surface area contributed by atoms with Gasteiger partial charge in [0, 0.05) is 18.9 Å². The van der Waals surface area contributed by atoms with Gasteiger partial charge < -0.3 is 10.0 Å². The van der Waals surface area contributed by atoms with E-state index >= 15 is 0 Å². The number of benzene rings is 1. The smallest absolute Gasteiger partial charge is 0.391 e. The normalized spacial score (nSPS) is 22.1. The highest BCUT2D eigenvalue weighted by Gasteiger charge is 2.35. The van der Waals surface area contributed by atoms with Crippen LogP contribution >= 0.6 is 0 Å². The van der Waals surface area contributed by atoms with Crippen LogP contribution in [0.15, 0.2) is 42.9 Å². The Morgan fingerprint density at radius 2 is 2.05 bits per heavy atom. The summed E-state index contributed by atoms with van der Waals surface area (Å²) in [5, 5.41) is 9.91. The van der Waals surface area contributed by atoms with Crippen LogP contribution in [0.4, 0.5) is 19.0 Å². The molecule has 0 aliphatic carbocycles. The Labute approximate surface area is 125 Å². The number of nitrogens with zero attached hydrogens (tertiary/aromatic N) is 3. The van der Waals surface area contributed by atoms with Crippen molar-refractivity contribution in [2.45, 2.75) is 24.7 Å². The third kappa shape index (κ3) is 2.89. The summed E-state index contributed by atoms with van der Waals surface area (Å²) < 4.78 is 38.6. The average Bonchev–Trinajstić information content (AvgIpc) is 2.89. The van der Waals surface area contributed by atoms with Crippen molar-refractivity contribution in [1.82, 2.24) is 9.97 Å². The first-order valence-corrected chi connectivity index (χ1v) is 6.83. The van der Waals surface area contributed by atoms with Crippen LogP contribution in [0.5, 0.6) is 0 Å². The minimum absolute atomic E-state index is 0.319. The lowest BCUT2D eigenvalue weighted by molar-refractivity contribution is -0.137. The van der Waals surface area contributed by atoms with Gasteiger partial charge in [0.2, 0.25) is 0 Å². The molecule has 2 heterocycles. The van der Waals surface area contributed by atoms with Crippen molar-refractivity contribution in [2.24, 2.45) is 0 Å². The first-order valence-electron chi connectivity index (χ1n) is 6.83. The highest BCUT2D eigenvalue weighted by Crippen LogP contribution is 2.37. The maximum absolute atomic E-state index is 12.9. The minimum Gasteiger partial charge on any atom is -0.391 e. The molecule has 1 saturated heterocycles. The Kier molecular flexibility index (Phi) is 3.74. The van der Waals surface area contributed by atoms with Crippen molar-refractivity contribution in [3.8, 4) is 0 Å². The van der Waals surface area contributed by atoms with Gasteiger partial charge in [-0.1, -0.05) is 12.1 Å². The number of halogens is 3. The molecule has 2 aromatic rings. The van der Waals surface area contributed by atoms with E-state index in [0.717, 1.165) is 12.1 Å². The molecule has 0 amide bonds. The van der Waals surface area contributed by atoms with Crippen molar-refractivity contribution in [1.29, 1.82) is 0 Å². The number of β-amino-alcohol motifs (C(OH)–C–C–N with tert-alkyl or cyclic N) is 1. The van der Waals surface area contributed by atoms with E-state index in [0.29, 0.717) is 24.3 Å². The van der Waals surface area contributed by atoms with Crippen molar-refractivity contribution in [2.75, 3.05) is 11.4 Å². The second-order valence-electron chi connectivity index (χ2n) is 5.24. The monoisotopic (exact) mass is 309 g/mol. The molecule has 4 nitrogen and oxygen atoms in total. The largest absolute Gasteiger partial charge is 0.416 e. The number of anilines is 1. The Balaban J connectivity index is 1.96. The fourth-order valence-electron chi connectivity index (χ4n) is 2.74. The van der Waals surface area contributed by atoms with Gasteiger partial charge in [0.1, 0.15) is 5.82 Å². The molecule has 1 aromatic heterocycles. The van der Waals surface area contributed by atoms with E-state index in [-0.39, 0.29) is 6.04 Å². The molecule has 116 valence electrons. The Morgan fingerprint density at radius 3 is 2.73 bits per heavy atom. The molecular weight excluding hydrogens is 295 g/mol.